The molecule has 1 saturated heterocycles. The SMILES string of the molecule is CC(C)Oc1ccc([C@@H]2C(=C(O)c3ccc(Br)cc3)C(=O)C(=O)N2CCCN(C)C)cc1. The minimum atomic E-state index is -0.664. The summed E-state index contributed by atoms with van der Waals surface area (Å²) in [5.41, 5.74) is 1.35. The Morgan fingerprint density at radius 3 is 2.28 bits per heavy atom. The molecule has 0 aromatic heterocycles. The van der Waals surface area contributed by atoms with Gasteiger partial charge in [0.2, 0.25) is 0 Å². The van der Waals surface area contributed by atoms with Crippen molar-refractivity contribution >= 4 is 33.4 Å². The van der Waals surface area contributed by atoms with Crippen LogP contribution in [0.4, 0.5) is 0 Å². The Hall–Kier alpha value is -2.64. The molecule has 0 saturated carbocycles. The van der Waals surface area contributed by atoms with Gasteiger partial charge < -0.3 is 19.6 Å². The lowest BCUT2D eigenvalue weighted by Gasteiger charge is -2.26. The lowest BCUT2D eigenvalue weighted by Crippen LogP contribution is -2.32. The van der Waals surface area contributed by atoms with Crippen LogP contribution in [0, 0.1) is 0 Å². The highest BCUT2D eigenvalue weighted by Gasteiger charge is 2.45. The van der Waals surface area contributed by atoms with Crippen LogP contribution in [-0.2, 0) is 9.59 Å². The molecule has 1 aliphatic rings. The maximum absolute atomic E-state index is 13.0. The molecule has 170 valence electrons. The van der Waals surface area contributed by atoms with E-state index in [0.29, 0.717) is 24.3 Å². The molecule has 2 aromatic rings. The van der Waals surface area contributed by atoms with E-state index >= 15 is 0 Å². The molecule has 1 aliphatic heterocycles. The number of aliphatic hydroxyl groups is 1. The fourth-order valence-electron chi connectivity index (χ4n) is 3.78. The Balaban J connectivity index is 2.05. The van der Waals surface area contributed by atoms with Crippen LogP contribution in [0.1, 0.15) is 37.4 Å². The summed E-state index contributed by atoms with van der Waals surface area (Å²) in [5.74, 6) is -0.711. The van der Waals surface area contributed by atoms with Gasteiger partial charge in [-0.05, 0) is 70.7 Å². The van der Waals surface area contributed by atoms with Gasteiger partial charge in [-0.3, -0.25) is 9.59 Å². The number of hydrogen-bond acceptors (Lipinski definition) is 5. The number of benzene rings is 2. The highest BCUT2D eigenvalue weighted by Crippen LogP contribution is 2.40. The summed E-state index contributed by atoms with van der Waals surface area (Å²) in [7, 11) is 3.93. The van der Waals surface area contributed by atoms with Crippen molar-refractivity contribution in [2.75, 3.05) is 27.2 Å². The third-order valence-corrected chi connectivity index (χ3v) is 5.76. The van der Waals surface area contributed by atoms with Gasteiger partial charge in [0.1, 0.15) is 11.5 Å². The van der Waals surface area contributed by atoms with Crippen LogP contribution in [0.5, 0.6) is 5.75 Å². The summed E-state index contributed by atoms with van der Waals surface area (Å²) >= 11 is 3.38. The minimum Gasteiger partial charge on any atom is -0.507 e. The van der Waals surface area contributed by atoms with Gasteiger partial charge >= 0.3 is 0 Å². The van der Waals surface area contributed by atoms with Gasteiger partial charge in [0.05, 0.1) is 17.7 Å². The maximum atomic E-state index is 13.0. The van der Waals surface area contributed by atoms with Crippen molar-refractivity contribution in [2.45, 2.75) is 32.4 Å². The lowest BCUT2D eigenvalue weighted by molar-refractivity contribution is -0.139. The van der Waals surface area contributed by atoms with E-state index in [0.717, 1.165) is 16.6 Å². The number of amides is 1. The molecule has 0 aliphatic carbocycles. The monoisotopic (exact) mass is 500 g/mol. The zero-order valence-electron chi connectivity index (χ0n) is 18.8. The number of carbonyl (C=O) groups is 2. The number of ether oxygens (including phenoxy) is 1. The molecule has 0 spiro atoms. The van der Waals surface area contributed by atoms with Crippen molar-refractivity contribution in [2.24, 2.45) is 0 Å². The number of nitrogens with zero attached hydrogens (tertiary/aromatic N) is 2. The third-order valence-electron chi connectivity index (χ3n) is 5.23. The molecule has 1 amide bonds. The molecule has 1 heterocycles. The molecule has 1 atom stereocenters. The molecule has 1 fully saturated rings. The fraction of sp³-hybridized carbons (Fsp3) is 0.360. The van der Waals surface area contributed by atoms with E-state index in [2.05, 4.69) is 15.9 Å². The number of carbonyl (C=O) groups excluding carboxylic acids is 2. The second-order valence-electron chi connectivity index (χ2n) is 8.39. The molecular weight excluding hydrogens is 472 g/mol. The Kier molecular flexibility index (Phi) is 7.74. The second kappa shape index (κ2) is 10.3. The van der Waals surface area contributed by atoms with Crippen molar-refractivity contribution in [3.8, 4) is 5.75 Å². The summed E-state index contributed by atoms with van der Waals surface area (Å²) in [5, 5.41) is 11.1. The fourth-order valence-corrected chi connectivity index (χ4v) is 4.04. The third kappa shape index (κ3) is 5.40. The summed E-state index contributed by atoms with van der Waals surface area (Å²) in [6.45, 7) is 5.09. The Morgan fingerprint density at radius 2 is 1.72 bits per heavy atom. The first-order chi connectivity index (χ1) is 15.2. The van der Waals surface area contributed by atoms with Gasteiger partial charge in [-0.25, -0.2) is 0 Å². The summed E-state index contributed by atoms with van der Waals surface area (Å²) < 4.78 is 6.59. The normalized spacial score (nSPS) is 18.1. The van der Waals surface area contributed by atoms with Crippen LogP contribution in [0.3, 0.4) is 0 Å². The molecule has 6 nitrogen and oxygen atoms in total. The van der Waals surface area contributed by atoms with Crippen LogP contribution >= 0.6 is 15.9 Å². The lowest BCUT2D eigenvalue weighted by atomic mass is 9.95. The maximum Gasteiger partial charge on any atom is 0.295 e. The number of hydrogen-bond donors (Lipinski definition) is 1. The van der Waals surface area contributed by atoms with Gasteiger partial charge in [-0.15, -0.1) is 0 Å². The van der Waals surface area contributed by atoms with Gasteiger partial charge in [0, 0.05) is 16.6 Å². The van der Waals surface area contributed by atoms with Crippen molar-refractivity contribution in [1.82, 2.24) is 9.80 Å². The largest absolute Gasteiger partial charge is 0.507 e. The molecule has 2 aromatic carbocycles. The number of aliphatic hydroxyl groups excluding tert-OH is 1. The first-order valence-electron chi connectivity index (χ1n) is 10.6. The molecule has 0 radical (unpaired) electrons. The zero-order chi connectivity index (χ0) is 23.4. The predicted molar refractivity (Wildman–Crippen MR) is 129 cm³/mol. The second-order valence-corrected chi connectivity index (χ2v) is 9.31. The molecule has 7 heteroatoms. The average Bonchev–Trinajstić information content (AvgIpc) is 2.99. The molecule has 0 bridgehead atoms. The number of Topliss-reactive ketones (excluding diaryl/α,β-unsaturated/α-hetero) is 1. The zero-order valence-corrected chi connectivity index (χ0v) is 20.4. The molecule has 0 unspecified atom stereocenters. The van der Waals surface area contributed by atoms with Crippen molar-refractivity contribution in [3.05, 3.63) is 69.7 Å². The number of halogens is 1. The van der Waals surface area contributed by atoms with Crippen LogP contribution in [0.25, 0.3) is 5.76 Å². The Bertz CT molecular complexity index is 998. The van der Waals surface area contributed by atoms with E-state index in [1.54, 1.807) is 29.2 Å². The van der Waals surface area contributed by atoms with E-state index in [1.807, 2.05) is 57.1 Å². The van der Waals surface area contributed by atoms with E-state index in [-0.39, 0.29) is 17.4 Å². The molecule has 32 heavy (non-hydrogen) atoms. The summed E-state index contributed by atoms with van der Waals surface area (Å²) in [4.78, 5) is 29.6. The van der Waals surface area contributed by atoms with Crippen LogP contribution < -0.4 is 4.74 Å². The predicted octanol–water partition coefficient (Wildman–Crippen LogP) is 4.61. The van der Waals surface area contributed by atoms with Crippen LogP contribution in [-0.4, -0.2) is 59.9 Å². The van der Waals surface area contributed by atoms with Gasteiger partial charge in [-0.1, -0.05) is 40.2 Å². The van der Waals surface area contributed by atoms with Crippen molar-refractivity contribution in [1.29, 1.82) is 0 Å². The first-order valence-corrected chi connectivity index (χ1v) is 11.4. The van der Waals surface area contributed by atoms with Crippen molar-refractivity contribution < 1.29 is 19.4 Å². The minimum absolute atomic E-state index is 0.0370. The summed E-state index contributed by atoms with van der Waals surface area (Å²) in [6.07, 6.45) is 0.749. The first kappa shape index (κ1) is 24.0. The molecule has 3 rings (SSSR count). The van der Waals surface area contributed by atoms with E-state index in [9.17, 15) is 14.7 Å². The van der Waals surface area contributed by atoms with E-state index < -0.39 is 17.7 Å². The number of ketones is 1. The number of likely N-dealkylation sites (tertiary alicyclic amines) is 1. The average molecular weight is 501 g/mol. The van der Waals surface area contributed by atoms with E-state index in [1.165, 1.54) is 0 Å². The topological polar surface area (TPSA) is 70.1 Å². The number of rotatable bonds is 8. The van der Waals surface area contributed by atoms with Gasteiger partial charge in [0.15, 0.2) is 0 Å². The molecular formula is C25H29BrN2O4. The standard InChI is InChI=1S/C25H29BrN2O4/c1-16(2)32-20-12-8-17(9-13-20)22-21(23(29)18-6-10-19(26)11-7-18)24(30)25(31)28(22)15-5-14-27(3)4/h6-13,16,22,29H,5,14-15H2,1-4H3/t22-/m1/s1. The molecule has 1 N–H and O–H groups in total. The van der Waals surface area contributed by atoms with Crippen LogP contribution in [0.15, 0.2) is 58.6 Å². The highest BCUT2D eigenvalue weighted by atomic mass is 79.9. The highest BCUT2D eigenvalue weighted by molar-refractivity contribution is 9.10. The summed E-state index contributed by atoms with van der Waals surface area (Å²) in [6, 6.07) is 13.7. The quantitative estimate of drug-likeness (QED) is 0.325. The van der Waals surface area contributed by atoms with Crippen molar-refractivity contribution in [3.63, 3.8) is 0 Å². The Labute approximate surface area is 197 Å². The van der Waals surface area contributed by atoms with Crippen LogP contribution in [0.2, 0.25) is 0 Å². The smallest absolute Gasteiger partial charge is 0.295 e. The van der Waals surface area contributed by atoms with E-state index in [4.69, 9.17) is 4.74 Å². The Morgan fingerprint density at radius 1 is 1.09 bits per heavy atom. The van der Waals surface area contributed by atoms with Gasteiger partial charge in [-0.2, -0.15) is 0 Å². The van der Waals surface area contributed by atoms with Gasteiger partial charge in [0.25, 0.3) is 11.7 Å².